The summed E-state index contributed by atoms with van der Waals surface area (Å²) in [6.45, 7) is 2.03. The lowest BCUT2D eigenvalue weighted by Gasteiger charge is -1.98. The highest BCUT2D eigenvalue weighted by Crippen LogP contribution is 2.06. The van der Waals surface area contributed by atoms with Gasteiger partial charge in [-0.3, -0.25) is 10.3 Å². The molecule has 3 heteroatoms. The minimum absolute atomic E-state index is 0.805. The molecule has 1 heterocycles. The first-order chi connectivity index (χ1) is 5.36. The van der Waals surface area contributed by atoms with E-state index in [0.29, 0.717) is 0 Å². The second kappa shape index (κ2) is 3.57. The van der Waals surface area contributed by atoms with Crippen LogP contribution in [-0.2, 0) is 6.42 Å². The quantitative estimate of drug-likeness (QED) is 0.510. The van der Waals surface area contributed by atoms with Crippen LogP contribution in [0.15, 0.2) is 18.3 Å². The Hall–Kier alpha value is -1.56. The molecular formula is C8H9N3. The van der Waals surface area contributed by atoms with Gasteiger partial charge in [0.15, 0.2) is 6.19 Å². The Labute approximate surface area is 65.7 Å². The van der Waals surface area contributed by atoms with Crippen LogP contribution in [0.2, 0.25) is 0 Å². The van der Waals surface area contributed by atoms with Crippen molar-refractivity contribution in [3.05, 3.63) is 24.0 Å². The highest BCUT2D eigenvalue weighted by Gasteiger charge is 1.92. The lowest BCUT2D eigenvalue weighted by atomic mass is 10.3. The fraction of sp³-hybridized carbons (Fsp3) is 0.250. The molecule has 1 aromatic heterocycles. The first-order valence-electron chi connectivity index (χ1n) is 3.47. The summed E-state index contributed by atoms with van der Waals surface area (Å²) < 4.78 is 0. The van der Waals surface area contributed by atoms with Crippen molar-refractivity contribution in [2.45, 2.75) is 13.3 Å². The minimum atomic E-state index is 0.805. The van der Waals surface area contributed by atoms with Gasteiger partial charge in [-0.05, 0) is 18.6 Å². The second-order valence-electron chi connectivity index (χ2n) is 2.13. The monoisotopic (exact) mass is 147 g/mol. The fourth-order valence-electron chi connectivity index (χ4n) is 0.814. The van der Waals surface area contributed by atoms with Crippen LogP contribution in [0, 0.1) is 11.5 Å². The molecule has 0 spiro atoms. The molecule has 0 bridgehead atoms. The van der Waals surface area contributed by atoms with Gasteiger partial charge in [0.25, 0.3) is 0 Å². The minimum Gasteiger partial charge on any atom is -0.293 e. The summed E-state index contributed by atoms with van der Waals surface area (Å²) in [6.07, 6.45) is 4.44. The molecule has 11 heavy (non-hydrogen) atoms. The molecule has 0 aliphatic heterocycles. The molecule has 0 saturated heterocycles. The van der Waals surface area contributed by atoms with Crippen molar-refractivity contribution in [3.63, 3.8) is 0 Å². The largest absolute Gasteiger partial charge is 0.293 e. The van der Waals surface area contributed by atoms with E-state index in [1.807, 2.05) is 19.2 Å². The van der Waals surface area contributed by atoms with Crippen LogP contribution in [-0.4, -0.2) is 4.98 Å². The Balaban J connectivity index is 2.84. The summed E-state index contributed by atoms with van der Waals surface area (Å²) in [5, 5.41) is 10.8. The standard InChI is InChI=1S/C8H9N3/c1-2-7-5-8(11-6-9)3-4-10-7/h3-5H,2H2,1H3,(H,10,11). The third-order valence-electron chi connectivity index (χ3n) is 1.38. The summed E-state index contributed by atoms with van der Waals surface area (Å²) in [7, 11) is 0. The molecule has 0 amide bonds. The fourth-order valence-corrected chi connectivity index (χ4v) is 0.814. The van der Waals surface area contributed by atoms with Gasteiger partial charge in [-0.2, -0.15) is 5.26 Å². The molecule has 0 aromatic carbocycles. The molecule has 0 atom stereocenters. The number of aromatic nitrogens is 1. The zero-order valence-electron chi connectivity index (χ0n) is 6.33. The number of hydrogen-bond acceptors (Lipinski definition) is 3. The maximum Gasteiger partial charge on any atom is 0.181 e. The number of nitrogens with zero attached hydrogens (tertiary/aromatic N) is 2. The predicted molar refractivity (Wildman–Crippen MR) is 42.9 cm³/mol. The molecule has 1 rings (SSSR count). The number of nitriles is 1. The molecule has 3 nitrogen and oxygen atoms in total. The van der Waals surface area contributed by atoms with E-state index in [1.165, 1.54) is 0 Å². The number of anilines is 1. The van der Waals surface area contributed by atoms with Crippen LogP contribution < -0.4 is 5.32 Å². The number of pyridine rings is 1. The number of nitrogens with one attached hydrogen (secondary N) is 1. The zero-order chi connectivity index (χ0) is 8.10. The van der Waals surface area contributed by atoms with Gasteiger partial charge in [-0.1, -0.05) is 6.92 Å². The Morgan fingerprint density at radius 3 is 3.18 bits per heavy atom. The third kappa shape index (κ3) is 1.94. The summed E-state index contributed by atoms with van der Waals surface area (Å²) in [5.41, 5.74) is 1.80. The molecule has 0 unspecified atom stereocenters. The first kappa shape index (κ1) is 7.55. The lowest BCUT2D eigenvalue weighted by Crippen LogP contribution is -1.91. The first-order valence-corrected chi connectivity index (χ1v) is 3.47. The van der Waals surface area contributed by atoms with Gasteiger partial charge in [0.05, 0.1) is 5.69 Å². The molecule has 1 aromatic rings. The van der Waals surface area contributed by atoms with E-state index >= 15 is 0 Å². The molecule has 0 saturated carbocycles. The van der Waals surface area contributed by atoms with Gasteiger partial charge < -0.3 is 0 Å². The van der Waals surface area contributed by atoms with Crippen LogP contribution in [0.4, 0.5) is 5.69 Å². The van der Waals surface area contributed by atoms with Crippen molar-refractivity contribution in [1.82, 2.24) is 4.98 Å². The van der Waals surface area contributed by atoms with Crippen molar-refractivity contribution >= 4 is 5.69 Å². The van der Waals surface area contributed by atoms with E-state index in [-0.39, 0.29) is 0 Å². The van der Waals surface area contributed by atoms with E-state index in [4.69, 9.17) is 5.26 Å². The van der Waals surface area contributed by atoms with Gasteiger partial charge in [-0.25, -0.2) is 0 Å². The summed E-state index contributed by atoms with van der Waals surface area (Å²) in [4.78, 5) is 4.09. The van der Waals surface area contributed by atoms with Crippen molar-refractivity contribution in [2.75, 3.05) is 5.32 Å². The Morgan fingerprint density at radius 2 is 2.55 bits per heavy atom. The molecule has 56 valence electrons. The van der Waals surface area contributed by atoms with E-state index in [9.17, 15) is 0 Å². The summed E-state index contributed by atoms with van der Waals surface area (Å²) in [5.74, 6) is 0. The SMILES string of the molecule is CCc1cc(NC#N)ccn1. The Kier molecular flexibility index (Phi) is 2.45. The van der Waals surface area contributed by atoms with Crippen LogP contribution in [0.1, 0.15) is 12.6 Å². The number of hydrogen-bond donors (Lipinski definition) is 1. The van der Waals surface area contributed by atoms with Crippen molar-refractivity contribution in [3.8, 4) is 6.19 Å². The summed E-state index contributed by atoms with van der Waals surface area (Å²) >= 11 is 0. The van der Waals surface area contributed by atoms with Crippen LogP contribution in [0.3, 0.4) is 0 Å². The predicted octanol–water partition coefficient (Wildman–Crippen LogP) is 1.54. The lowest BCUT2D eigenvalue weighted by molar-refractivity contribution is 1.04. The average molecular weight is 147 g/mol. The Morgan fingerprint density at radius 1 is 1.73 bits per heavy atom. The van der Waals surface area contributed by atoms with Crippen molar-refractivity contribution in [1.29, 1.82) is 5.26 Å². The van der Waals surface area contributed by atoms with Gasteiger partial charge in [0.2, 0.25) is 0 Å². The Bertz CT molecular complexity index is 275. The highest BCUT2D eigenvalue weighted by molar-refractivity contribution is 5.46. The maximum atomic E-state index is 8.30. The van der Waals surface area contributed by atoms with Crippen LogP contribution >= 0.6 is 0 Å². The second-order valence-corrected chi connectivity index (χ2v) is 2.13. The molecular weight excluding hydrogens is 138 g/mol. The maximum absolute atomic E-state index is 8.30. The number of aryl methyl sites for hydroxylation is 1. The van der Waals surface area contributed by atoms with E-state index in [1.54, 1.807) is 12.3 Å². The molecule has 0 aliphatic carbocycles. The van der Waals surface area contributed by atoms with Gasteiger partial charge in [0, 0.05) is 11.9 Å². The zero-order valence-corrected chi connectivity index (χ0v) is 6.33. The smallest absolute Gasteiger partial charge is 0.181 e. The molecule has 0 aliphatic rings. The molecule has 0 fully saturated rings. The van der Waals surface area contributed by atoms with E-state index in [2.05, 4.69) is 10.3 Å². The third-order valence-corrected chi connectivity index (χ3v) is 1.38. The van der Waals surface area contributed by atoms with Crippen LogP contribution in [0.5, 0.6) is 0 Å². The van der Waals surface area contributed by atoms with Gasteiger partial charge in [-0.15, -0.1) is 0 Å². The number of rotatable bonds is 2. The van der Waals surface area contributed by atoms with Gasteiger partial charge in [0.1, 0.15) is 0 Å². The van der Waals surface area contributed by atoms with E-state index < -0.39 is 0 Å². The van der Waals surface area contributed by atoms with Crippen LogP contribution in [0.25, 0.3) is 0 Å². The molecule has 1 N–H and O–H groups in total. The average Bonchev–Trinajstić information content (AvgIpc) is 2.06. The topological polar surface area (TPSA) is 48.7 Å². The highest BCUT2D eigenvalue weighted by atomic mass is 14.9. The summed E-state index contributed by atoms with van der Waals surface area (Å²) in [6, 6.07) is 3.63. The van der Waals surface area contributed by atoms with Crippen molar-refractivity contribution < 1.29 is 0 Å². The normalized spacial score (nSPS) is 8.73. The molecule has 0 radical (unpaired) electrons. The van der Waals surface area contributed by atoms with Gasteiger partial charge >= 0.3 is 0 Å². The van der Waals surface area contributed by atoms with Crippen molar-refractivity contribution in [2.24, 2.45) is 0 Å². The van der Waals surface area contributed by atoms with E-state index in [0.717, 1.165) is 17.8 Å².